The van der Waals surface area contributed by atoms with Gasteiger partial charge in [0.15, 0.2) is 17.7 Å². The summed E-state index contributed by atoms with van der Waals surface area (Å²) in [6, 6.07) is -0.257. The highest BCUT2D eigenvalue weighted by Crippen LogP contribution is 2.34. The topological polar surface area (TPSA) is 38.3 Å². The fraction of sp³-hybridized carbons (Fsp3) is 0.462. The highest BCUT2D eigenvalue weighted by atomic mass is 19.4. The Morgan fingerprint density at radius 2 is 1.95 bits per heavy atom. The molecule has 3 nitrogen and oxygen atoms in total. The minimum Gasteiger partial charge on any atom is -0.369 e. The smallest absolute Gasteiger partial charge is 0.369 e. The lowest BCUT2D eigenvalue weighted by Crippen LogP contribution is -2.43. The van der Waals surface area contributed by atoms with Crippen LogP contribution in [0.1, 0.15) is 25.5 Å². The molecule has 0 aromatic heterocycles. The molecule has 2 atom stereocenters. The van der Waals surface area contributed by atoms with Gasteiger partial charge in [-0.2, -0.15) is 13.2 Å². The van der Waals surface area contributed by atoms with Crippen molar-refractivity contribution in [2.24, 2.45) is 0 Å². The zero-order valence-corrected chi connectivity index (χ0v) is 11.3. The molecule has 1 rings (SSSR count). The summed E-state index contributed by atoms with van der Waals surface area (Å²) in [6.45, 7) is 2.95. The van der Waals surface area contributed by atoms with Gasteiger partial charge in [0.05, 0.1) is 0 Å². The zero-order valence-electron chi connectivity index (χ0n) is 11.3. The van der Waals surface area contributed by atoms with Gasteiger partial charge in [-0.15, -0.1) is 0 Å². The average molecular weight is 311 g/mol. The van der Waals surface area contributed by atoms with Crippen LogP contribution in [-0.2, 0) is 9.53 Å². The number of hydrogen-bond donors (Lipinski definition) is 1. The Balaban J connectivity index is 3.08. The van der Waals surface area contributed by atoms with E-state index in [1.807, 2.05) is 0 Å². The molecule has 0 radical (unpaired) electrons. The predicted octanol–water partition coefficient (Wildman–Crippen LogP) is 3.11. The molecule has 0 aliphatic rings. The molecule has 1 aromatic rings. The Bertz CT molecular complexity index is 504. The first-order valence-corrected chi connectivity index (χ1v) is 6.11. The van der Waals surface area contributed by atoms with Crippen molar-refractivity contribution in [2.45, 2.75) is 32.2 Å². The van der Waals surface area contributed by atoms with E-state index in [4.69, 9.17) is 4.74 Å². The van der Waals surface area contributed by atoms with Crippen LogP contribution in [0.4, 0.5) is 22.0 Å². The molecule has 1 N–H and O–H groups in total. The van der Waals surface area contributed by atoms with Gasteiger partial charge in [-0.3, -0.25) is 4.79 Å². The predicted molar refractivity (Wildman–Crippen MR) is 64.4 cm³/mol. The largest absolute Gasteiger partial charge is 0.412 e. The fourth-order valence-electron chi connectivity index (χ4n) is 1.66. The van der Waals surface area contributed by atoms with Gasteiger partial charge in [0.25, 0.3) is 0 Å². The number of nitrogens with one attached hydrogen (secondary N) is 1. The lowest BCUT2D eigenvalue weighted by atomic mass is 10.0. The normalized spacial score (nSPS) is 14.6. The number of alkyl halides is 3. The minimum atomic E-state index is -4.98. The molecule has 0 saturated carbocycles. The van der Waals surface area contributed by atoms with Gasteiger partial charge in [-0.05, 0) is 19.9 Å². The van der Waals surface area contributed by atoms with Crippen molar-refractivity contribution in [2.75, 3.05) is 6.61 Å². The van der Waals surface area contributed by atoms with E-state index in [0.29, 0.717) is 6.07 Å². The first-order chi connectivity index (χ1) is 9.68. The number of carbonyl (C=O) groups excluding carboxylic acids is 1. The molecular formula is C13H14F5NO2. The second-order valence-corrected chi connectivity index (χ2v) is 4.22. The first-order valence-electron chi connectivity index (χ1n) is 6.11. The van der Waals surface area contributed by atoms with Gasteiger partial charge in [-0.1, -0.05) is 12.1 Å². The number of halogens is 5. The van der Waals surface area contributed by atoms with Crippen LogP contribution in [0.15, 0.2) is 18.2 Å². The summed E-state index contributed by atoms with van der Waals surface area (Å²) < 4.78 is 70.4. The van der Waals surface area contributed by atoms with Crippen LogP contribution in [0.3, 0.4) is 0 Å². The average Bonchev–Trinajstić information content (AvgIpc) is 2.38. The van der Waals surface area contributed by atoms with Crippen LogP contribution in [0.2, 0.25) is 0 Å². The van der Waals surface area contributed by atoms with Gasteiger partial charge in [0.1, 0.15) is 6.10 Å². The molecule has 0 heterocycles. The van der Waals surface area contributed by atoms with Crippen molar-refractivity contribution in [3.63, 3.8) is 0 Å². The highest BCUT2D eigenvalue weighted by Gasteiger charge is 2.44. The minimum absolute atomic E-state index is 0.125. The lowest BCUT2D eigenvalue weighted by Gasteiger charge is -2.24. The standard InChI is InChI=1S/C13H14F5NO2/c1-3-21-7(2)12(20)19-11(13(16,17)18)8-5-4-6-9(14)10(8)15/h4-7,11H,3H2,1-2H3,(H,19,20)/t7-,11-/m0/s1. The van der Waals surface area contributed by atoms with E-state index in [2.05, 4.69) is 0 Å². The summed E-state index contributed by atoms with van der Waals surface area (Å²) in [5.41, 5.74) is -0.987. The van der Waals surface area contributed by atoms with Crippen LogP contribution >= 0.6 is 0 Å². The fourth-order valence-corrected chi connectivity index (χ4v) is 1.66. The third-order valence-corrected chi connectivity index (χ3v) is 2.69. The van der Waals surface area contributed by atoms with Crippen LogP contribution in [0.25, 0.3) is 0 Å². The first kappa shape index (κ1) is 17.4. The van der Waals surface area contributed by atoms with Crippen LogP contribution in [0, 0.1) is 11.6 Å². The molecule has 118 valence electrons. The third kappa shape index (κ3) is 4.38. The van der Waals surface area contributed by atoms with E-state index in [1.54, 1.807) is 12.2 Å². The second kappa shape index (κ2) is 6.84. The summed E-state index contributed by atoms with van der Waals surface area (Å²) in [4.78, 5) is 11.6. The number of amides is 1. The van der Waals surface area contributed by atoms with Crippen molar-refractivity contribution in [1.82, 2.24) is 5.32 Å². The molecule has 0 aliphatic heterocycles. The molecular weight excluding hydrogens is 297 g/mol. The number of carbonyl (C=O) groups is 1. The summed E-state index contributed by atoms with van der Waals surface area (Å²) in [5.74, 6) is -4.14. The molecule has 1 aromatic carbocycles. The van der Waals surface area contributed by atoms with Gasteiger partial charge >= 0.3 is 6.18 Å². The maximum Gasteiger partial charge on any atom is 0.412 e. The Kier molecular flexibility index (Phi) is 5.65. The Hall–Kier alpha value is -1.70. The van der Waals surface area contributed by atoms with Gasteiger partial charge in [0.2, 0.25) is 5.91 Å². The highest BCUT2D eigenvalue weighted by molar-refractivity contribution is 5.80. The Morgan fingerprint density at radius 3 is 2.48 bits per heavy atom. The molecule has 1 amide bonds. The molecule has 0 aliphatic carbocycles. The van der Waals surface area contributed by atoms with Gasteiger partial charge < -0.3 is 10.1 Å². The molecule has 0 bridgehead atoms. The van der Waals surface area contributed by atoms with E-state index in [1.165, 1.54) is 6.92 Å². The van der Waals surface area contributed by atoms with Crippen molar-refractivity contribution in [1.29, 1.82) is 0 Å². The molecule has 0 saturated heterocycles. The van der Waals surface area contributed by atoms with Crippen LogP contribution in [-0.4, -0.2) is 24.8 Å². The Morgan fingerprint density at radius 1 is 1.33 bits per heavy atom. The van der Waals surface area contributed by atoms with E-state index in [9.17, 15) is 26.7 Å². The van der Waals surface area contributed by atoms with Gasteiger partial charge in [0, 0.05) is 12.2 Å². The number of hydrogen-bond acceptors (Lipinski definition) is 2. The van der Waals surface area contributed by atoms with Crippen LogP contribution < -0.4 is 5.32 Å². The van der Waals surface area contributed by atoms with Crippen molar-refractivity contribution in [3.8, 4) is 0 Å². The molecule has 0 unspecified atom stereocenters. The lowest BCUT2D eigenvalue weighted by molar-refractivity contribution is -0.167. The summed E-state index contributed by atoms with van der Waals surface area (Å²) in [6.07, 6.45) is -6.12. The zero-order chi connectivity index (χ0) is 16.2. The summed E-state index contributed by atoms with van der Waals surface area (Å²) in [7, 11) is 0. The summed E-state index contributed by atoms with van der Waals surface area (Å²) in [5, 5.41) is 1.63. The van der Waals surface area contributed by atoms with E-state index >= 15 is 0 Å². The quantitative estimate of drug-likeness (QED) is 0.849. The van der Waals surface area contributed by atoms with Crippen molar-refractivity contribution >= 4 is 5.91 Å². The van der Waals surface area contributed by atoms with Gasteiger partial charge in [-0.25, -0.2) is 8.78 Å². The van der Waals surface area contributed by atoms with E-state index in [-0.39, 0.29) is 6.61 Å². The molecule has 8 heteroatoms. The number of benzene rings is 1. The number of ether oxygens (including phenoxy) is 1. The monoisotopic (exact) mass is 311 g/mol. The Labute approximate surface area is 118 Å². The van der Waals surface area contributed by atoms with Crippen LogP contribution in [0.5, 0.6) is 0 Å². The molecule has 21 heavy (non-hydrogen) atoms. The van der Waals surface area contributed by atoms with E-state index < -0.39 is 41.4 Å². The molecule has 0 fully saturated rings. The van der Waals surface area contributed by atoms with Crippen molar-refractivity contribution < 1.29 is 31.5 Å². The second-order valence-electron chi connectivity index (χ2n) is 4.22. The number of rotatable bonds is 5. The SMILES string of the molecule is CCO[C@@H](C)C(=O)N[C@@H](c1cccc(F)c1F)C(F)(F)F. The maximum atomic E-state index is 13.5. The van der Waals surface area contributed by atoms with Crippen molar-refractivity contribution in [3.05, 3.63) is 35.4 Å². The summed E-state index contributed by atoms with van der Waals surface area (Å²) >= 11 is 0. The van der Waals surface area contributed by atoms with E-state index in [0.717, 1.165) is 12.1 Å². The molecule has 0 spiro atoms. The maximum absolute atomic E-state index is 13.5. The third-order valence-electron chi connectivity index (χ3n) is 2.69.